The molecule has 0 fully saturated rings. The lowest BCUT2D eigenvalue weighted by Crippen LogP contribution is -2.29. The minimum Gasteiger partial charge on any atom is -0.363 e. The van der Waals surface area contributed by atoms with E-state index in [1.807, 2.05) is 12.1 Å². The summed E-state index contributed by atoms with van der Waals surface area (Å²) in [6.07, 6.45) is 6.65. The monoisotopic (exact) mass is 230 g/mol. The first-order valence-electron chi connectivity index (χ1n) is 6.00. The van der Waals surface area contributed by atoms with Crippen molar-refractivity contribution in [3.8, 4) is 0 Å². The van der Waals surface area contributed by atoms with Crippen molar-refractivity contribution in [2.24, 2.45) is 0 Å². The fraction of sp³-hybridized carbons (Fsp3) is 0.286. The molecule has 2 aliphatic rings. The summed E-state index contributed by atoms with van der Waals surface area (Å²) in [5, 5.41) is 3.51. The maximum absolute atomic E-state index is 12.9. The number of allylic oxidation sites excluding steroid dienone is 1. The molecule has 1 unspecified atom stereocenters. The van der Waals surface area contributed by atoms with Crippen LogP contribution < -0.4 is 5.32 Å². The number of nitrogens with one attached hydrogen (secondary N) is 1. The van der Waals surface area contributed by atoms with Crippen LogP contribution in [0.4, 0.5) is 4.39 Å². The van der Waals surface area contributed by atoms with Crippen LogP contribution in [0.2, 0.25) is 0 Å². The Morgan fingerprint density at radius 3 is 2.82 bits per heavy atom. The molecule has 1 aromatic carbocycles. The van der Waals surface area contributed by atoms with Gasteiger partial charge in [0.1, 0.15) is 12.0 Å². The van der Waals surface area contributed by atoms with Crippen molar-refractivity contribution in [1.29, 1.82) is 0 Å². The van der Waals surface area contributed by atoms with Gasteiger partial charge in [-0.25, -0.2) is 4.39 Å². The molecule has 3 heteroatoms. The second-order valence-corrected chi connectivity index (χ2v) is 4.37. The smallest absolute Gasteiger partial charge is 0.123 e. The Morgan fingerprint density at radius 1 is 1.35 bits per heavy atom. The summed E-state index contributed by atoms with van der Waals surface area (Å²) in [6.45, 7) is 2.15. The van der Waals surface area contributed by atoms with E-state index in [2.05, 4.69) is 29.4 Å². The molecule has 0 spiro atoms. The SMILES string of the molecule is CCC1=C(c2ccc(F)cc2)NC2CC=CN12. The summed E-state index contributed by atoms with van der Waals surface area (Å²) in [5.74, 6) is -0.189. The van der Waals surface area contributed by atoms with Gasteiger partial charge in [0.05, 0.1) is 5.70 Å². The molecule has 0 amide bonds. The first-order chi connectivity index (χ1) is 8.29. The number of benzene rings is 1. The molecule has 17 heavy (non-hydrogen) atoms. The molecule has 1 atom stereocenters. The van der Waals surface area contributed by atoms with E-state index >= 15 is 0 Å². The normalized spacial score (nSPS) is 22.0. The molecule has 0 radical (unpaired) electrons. The Kier molecular flexibility index (Phi) is 2.39. The Balaban J connectivity index is 2.01. The Morgan fingerprint density at radius 2 is 2.12 bits per heavy atom. The van der Waals surface area contributed by atoms with Crippen molar-refractivity contribution >= 4 is 5.70 Å². The van der Waals surface area contributed by atoms with Crippen molar-refractivity contribution in [3.05, 3.63) is 53.6 Å². The summed E-state index contributed by atoms with van der Waals surface area (Å²) >= 11 is 0. The number of hydrogen-bond acceptors (Lipinski definition) is 2. The van der Waals surface area contributed by atoms with Gasteiger partial charge >= 0.3 is 0 Å². The highest BCUT2D eigenvalue weighted by Gasteiger charge is 2.31. The largest absolute Gasteiger partial charge is 0.363 e. The summed E-state index contributed by atoms with van der Waals surface area (Å²) in [6, 6.07) is 6.69. The van der Waals surface area contributed by atoms with Gasteiger partial charge in [-0.15, -0.1) is 0 Å². The van der Waals surface area contributed by atoms with Crippen LogP contribution in [0.1, 0.15) is 25.3 Å². The van der Waals surface area contributed by atoms with Gasteiger partial charge in [0.15, 0.2) is 0 Å². The van der Waals surface area contributed by atoms with E-state index in [0.717, 1.165) is 24.1 Å². The quantitative estimate of drug-likeness (QED) is 0.840. The molecule has 0 saturated heterocycles. The first-order valence-corrected chi connectivity index (χ1v) is 6.00. The van der Waals surface area contributed by atoms with Crippen molar-refractivity contribution in [2.45, 2.75) is 25.9 Å². The van der Waals surface area contributed by atoms with Crippen LogP contribution in [0.5, 0.6) is 0 Å². The zero-order valence-electron chi connectivity index (χ0n) is 9.78. The zero-order valence-corrected chi connectivity index (χ0v) is 9.78. The van der Waals surface area contributed by atoms with Crippen LogP contribution >= 0.6 is 0 Å². The predicted molar refractivity (Wildman–Crippen MR) is 66.1 cm³/mol. The van der Waals surface area contributed by atoms with Crippen LogP contribution in [0, 0.1) is 5.82 Å². The van der Waals surface area contributed by atoms with Crippen LogP contribution in [0.3, 0.4) is 0 Å². The molecular formula is C14H15FN2. The minimum atomic E-state index is -0.189. The molecule has 2 heterocycles. The van der Waals surface area contributed by atoms with Crippen LogP contribution in [-0.2, 0) is 0 Å². The van der Waals surface area contributed by atoms with E-state index in [4.69, 9.17) is 0 Å². The molecular weight excluding hydrogens is 215 g/mol. The lowest BCUT2D eigenvalue weighted by atomic mass is 10.1. The van der Waals surface area contributed by atoms with E-state index in [9.17, 15) is 4.39 Å². The fourth-order valence-corrected chi connectivity index (χ4v) is 2.53. The van der Waals surface area contributed by atoms with Gasteiger partial charge < -0.3 is 10.2 Å². The highest BCUT2D eigenvalue weighted by Crippen LogP contribution is 2.33. The van der Waals surface area contributed by atoms with Gasteiger partial charge in [0, 0.05) is 18.3 Å². The molecule has 1 aromatic rings. The molecule has 0 aliphatic carbocycles. The third-order valence-electron chi connectivity index (χ3n) is 3.34. The van der Waals surface area contributed by atoms with Gasteiger partial charge in [-0.2, -0.15) is 0 Å². The number of halogens is 1. The second kappa shape index (κ2) is 3.91. The summed E-state index contributed by atoms with van der Waals surface area (Å²) < 4.78 is 12.9. The van der Waals surface area contributed by atoms with Gasteiger partial charge in [0.2, 0.25) is 0 Å². The summed E-state index contributed by atoms with van der Waals surface area (Å²) in [7, 11) is 0. The van der Waals surface area contributed by atoms with Gasteiger partial charge in [-0.3, -0.25) is 0 Å². The molecule has 2 aliphatic heterocycles. The third-order valence-corrected chi connectivity index (χ3v) is 3.34. The maximum Gasteiger partial charge on any atom is 0.123 e. The van der Waals surface area contributed by atoms with E-state index in [0.29, 0.717) is 6.17 Å². The molecule has 2 nitrogen and oxygen atoms in total. The third kappa shape index (κ3) is 1.62. The number of rotatable bonds is 2. The van der Waals surface area contributed by atoms with E-state index in [1.54, 1.807) is 0 Å². The molecule has 0 bridgehead atoms. The standard InChI is InChI=1S/C14H15FN2/c1-2-12-14(10-5-7-11(15)8-6-10)16-13-4-3-9-17(12)13/h3,5-9,13,16H,2,4H2,1H3. The average molecular weight is 230 g/mol. The predicted octanol–water partition coefficient (Wildman–Crippen LogP) is 3.05. The molecule has 3 rings (SSSR count). The van der Waals surface area contributed by atoms with Crippen molar-refractivity contribution in [1.82, 2.24) is 10.2 Å². The topological polar surface area (TPSA) is 15.3 Å². The Bertz CT molecular complexity index is 487. The van der Waals surface area contributed by atoms with E-state index in [-0.39, 0.29) is 5.82 Å². The number of hydrogen-bond donors (Lipinski definition) is 1. The van der Waals surface area contributed by atoms with Crippen LogP contribution in [0.25, 0.3) is 5.70 Å². The number of fused-ring (bicyclic) bond motifs is 1. The summed E-state index contributed by atoms with van der Waals surface area (Å²) in [4.78, 5) is 2.28. The van der Waals surface area contributed by atoms with Crippen molar-refractivity contribution in [2.75, 3.05) is 0 Å². The molecule has 1 N–H and O–H groups in total. The van der Waals surface area contributed by atoms with Gasteiger partial charge in [-0.1, -0.05) is 13.0 Å². The molecule has 88 valence electrons. The van der Waals surface area contributed by atoms with Crippen LogP contribution in [0.15, 0.2) is 42.2 Å². The molecule has 0 saturated carbocycles. The second-order valence-electron chi connectivity index (χ2n) is 4.37. The highest BCUT2D eigenvalue weighted by atomic mass is 19.1. The van der Waals surface area contributed by atoms with Crippen molar-refractivity contribution < 1.29 is 4.39 Å². The Labute approximate surface area is 100 Å². The number of nitrogens with zero attached hydrogens (tertiary/aromatic N) is 1. The van der Waals surface area contributed by atoms with Gasteiger partial charge in [-0.05, 0) is 36.2 Å². The lowest BCUT2D eigenvalue weighted by Gasteiger charge is -2.18. The fourth-order valence-electron chi connectivity index (χ4n) is 2.53. The zero-order chi connectivity index (χ0) is 11.8. The van der Waals surface area contributed by atoms with E-state index in [1.165, 1.54) is 17.8 Å². The Hall–Kier alpha value is -1.77. The molecule has 0 aromatic heterocycles. The lowest BCUT2D eigenvalue weighted by molar-refractivity contribution is 0.369. The van der Waals surface area contributed by atoms with Gasteiger partial charge in [0.25, 0.3) is 0 Å². The first kappa shape index (κ1) is 10.4. The highest BCUT2D eigenvalue weighted by molar-refractivity contribution is 5.69. The van der Waals surface area contributed by atoms with Crippen LogP contribution in [-0.4, -0.2) is 11.1 Å². The van der Waals surface area contributed by atoms with Crippen molar-refractivity contribution in [3.63, 3.8) is 0 Å². The summed E-state index contributed by atoms with van der Waals surface area (Å²) in [5.41, 5.74) is 3.49. The average Bonchev–Trinajstić information content (AvgIpc) is 2.89. The van der Waals surface area contributed by atoms with E-state index < -0.39 is 0 Å². The minimum absolute atomic E-state index is 0.189. The maximum atomic E-state index is 12.9.